The molecule has 3 aromatic rings. The summed E-state index contributed by atoms with van der Waals surface area (Å²) in [6, 6.07) is 10.2. The van der Waals surface area contributed by atoms with Crippen LogP contribution in [0, 0.1) is 0 Å². The van der Waals surface area contributed by atoms with Gasteiger partial charge in [-0.1, -0.05) is 43.7 Å². The number of nitrogens with zero attached hydrogens (tertiary/aromatic N) is 4. The number of aliphatic hydroxyl groups excluding tert-OH is 3. The second kappa shape index (κ2) is 8.42. The first-order valence-corrected chi connectivity index (χ1v) is 9.75. The molecule has 3 heterocycles. The molecule has 1 saturated heterocycles. The Hall–Kier alpha value is -2.59. The zero-order valence-corrected chi connectivity index (χ0v) is 16.1. The van der Waals surface area contributed by atoms with Gasteiger partial charge in [-0.15, -0.1) is 0 Å². The van der Waals surface area contributed by atoms with Crippen molar-refractivity contribution in [2.24, 2.45) is 0 Å². The van der Waals surface area contributed by atoms with Crippen molar-refractivity contribution >= 4 is 17.0 Å². The van der Waals surface area contributed by atoms with Gasteiger partial charge in [0, 0.05) is 0 Å². The van der Waals surface area contributed by atoms with Crippen molar-refractivity contribution in [3.63, 3.8) is 0 Å². The second-order valence-corrected chi connectivity index (χ2v) is 7.17. The Morgan fingerprint density at radius 2 is 1.93 bits per heavy atom. The highest BCUT2D eigenvalue weighted by atomic mass is 16.6. The molecule has 2 unspecified atom stereocenters. The topological polar surface area (TPSA) is 126 Å². The summed E-state index contributed by atoms with van der Waals surface area (Å²) in [4.78, 5) is 13.1. The maximum atomic E-state index is 10.3. The van der Waals surface area contributed by atoms with Gasteiger partial charge in [0.05, 0.1) is 19.0 Å². The van der Waals surface area contributed by atoms with Gasteiger partial charge in [-0.25, -0.2) is 15.0 Å². The minimum atomic E-state index is -1.20. The fraction of sp³-hybridized carbons (Fsp3) is 0.450. The van der Waals surface area contributed by atoms with Crippen molar-refractivity contribution in [3.8, 4) is 0 Å². The van der Waals surface area contributed by atoms with Gasteiger partial charge in [0.15, 0.2) is 23.2 Å². The second-order valence-electron chi connectivity index (χ2n) is 7.17. The molecular formula is C20H25N5O4. The maximum absolute atomic E-state index is 10.3. The Kier molecular flexibility index (Phi) is 5.72. The fourth-order valence-electron chi connectivity index (χ4n) is 3.71. The van der Waals surface area contributed by atoms with Crippen LogP contribution in [0.5, 0.6) is 0 Å². The van der Waals surface area contributed by atoms with E-state index in [2.05, 4.69) is 39.3 Å². The number of rotatable bonds is 7. The zero-order chi connectivity index (χ0) is 20.4. The molecular weight excluding hydrogens is 374 g/mol. The summed E-state index contributed by atoms with van der Waals surface area (Å²) in [5.41, 5.74) is 2.17. The summed E-state index contributed by atoms with van der Waals surface area (Å²) < 4.78 is 7.17. The van der Waals surface area contributed by atoms with Gasteiger partial charge in [0.2, 0.25) is 0 Å². The average molecular weight is 399 g/mol. The number of ether oxygens (including phenoxy) is 1. The molecule has 9 nitrogen and oxygen atoms in total. The van der Waals surface area contributed by atoms with E-state index in [0.29, 0.717) is 17.0 Å². The van der Waals surface area contributed by atoms with Crippen molar-refractivity contribution in [1.29, 1.82) is 0 Å². The molecule has 4 N–H and O–H groups in total. The fourth-order valence-corrected chi connectivity index (χ4v) is 3.71. The molecule has 0 amide bonds. The number of aromatic nitrogens is 4. The Bertz CT molecular complexity index is 950. The number of benzene rings is 1. The quantitative estimate of drug-likeness (QED) is 0.470. The lowest BCUT2D eigenvalue weighted by Gasteiger charge is -2.20. The van der Waals surface area contributed by atoms with Crippen LogP contribution in [0.1, 0.15) is 37.6 Å². The number of fused-ring (bicyclic) bond motifs is 1. The zero-order valence-electron chi connectivity index (χ0n) is 16.1. The van der Waals surface area contributed by atoms with Crippen LogP contribution in [0.2, 0.25) is 0 Å². The van der Waals surface area contributed by atoms with Crippen molar-refractivity contribution in [1.82, 2.24) is 19.5 Å². The van der Waals surface area contributed by atoms with E-state index in [1.54, 1.807) is 4.57 Å². The van der Waals surface area contributed by atoms with Crippen molar-refractivity contribution in [3.05, 3.63) is 48.5 Å². The molecule has 1 aromatic carbocycles. The van der Waals surface area contributed by atoms with E-state index in [0.717, 1.165) is 18.4 Å². The number of hydrogen-bond acceptors (Lipinski definition) is 8. The first-order valence-electron chi connectivity index (χ1n) is 9.75. The first-order chi connectivity index (χ1) is 14.1. The van der Waals surface area contributed by atoms with Crippen molar-refractivity contribution < 1.29 is 20.1 Å². The van der Waals surface area contributed by atoms with Gasteiger partial charge in [-0.05, 0) is 12.0 Å². The molecule has 0 radical (unpaired) electrons. The highest BCUT2D eigenvalue weighted by molar-refractivity contribution is 5.83. The molecule has 0 spiro atoms. The molecule has 0 aliphatic carbocycles. The lowest BCUT2D eigenvalue weighted by Crippen LogP contribution is -2.33. The largest absolute Gasteiger partial charge is 0.394 e. The molecule has 154 valence electrons. The lowest BCUT2D eigenvalue weighted by atomic mass is 10.0. The van der Waals surface area contributed by atoms with Crippen LogP contribution < -0.4 is 5.32 Å². The van der Waals surface area contributed by atoms with E-state index < -0.39 is 24.5 Å². The monoisotopic (exact) mass is 399 g/mol. The van der Waals surface area contributed by atoms with Crippen molar-refractivity contribution in [2.45, 2.75) is 50.3 Å². The molecule has 1 fully saturated rings. The minimum Gasteiger partial charge on any atom is -0.394 e. The highest BCUT2D eigenvalue weighted by Crippen LogP contribution is 2.33. The summed E-state index contributed by atoms with van der Waals surface area (Å²) in [6.45, 7) is 1.74. The Morgan fingerprint density at radius 3 is 2.62 bits per heavy atom. The lowest BCUT2D eigenvalue weighted by molar-refractivity contribution is -0.0511. The maximum Gasteiger partial charge on any atom is 0.167 e. The third-order valence-electron chi connectivity index (χ3n) is 5.24. The number of nitrogens with one attached hydrogen (secondary N) is 1. The molecule has 9 heteroatoms. The standard InChI is InChI=1S/C20H25N5O4/c1-2-6-13(12-7-4-3-5-8-12)24-18-15-19(22-10-21-18)25(11-23-15)20-17(28)16(27)14(9-26)29-20/h3-5,7-8,10-11,13-14,16-17,20,26-28H,2,6,9H2,1H3,(H,21,22,24)/t13-,14-,16?,17?,20-/m1/s1. The number of aliphatic hydroxyl groups is 3. The molecule has 4 rings (SSSR count). The van der Waals surface area contributed by atoms with Crippen LogP contribution in [-0.2, 0) is 4.74 Å². The van der Waals surface area contributed by atoms with Crippen LogP contribution in [-0.4, -0.2) is 59.8 Å². The first kappa shape index (κ1) is 19.7. The Balaban J connectivity index is 1.66. The smallest absolute Gasteiger partial charge is 0.167 e. The van der Waals surface area contributed by atoms with Gasteiger partial charge in [0.25, 0.3) is 0 Å². The summed E-state index contributed by atoms with van der Waals surface area (Å²) in [7, 11) is 0. The van der Waals surface area contributed by atoms with E-state index in [1.165, 1.54) is 12.7 Å². The van der Waals surface area contributed by atoms with Crippen LogP contribution in [0.4, 0.5) is 5.82 Å². The Morgan fingerprint density at radius 1 is 1.14 bits per heavy atom. The van der Waals surface area contributed by atoms with Gasteiger partial charge in [-0.2, -0.15) is 0 Å². The van der Waals surface area contributed by atoms with E-state index in [4.69, 9.17) is 4.74 Å². The predicted molar refractivity (Wildman–Crippen MR) is 106 cm³/mol. The van der Waals surface area contributed by atoms with Gasteiger partial charge in [-0.3, -0.25) is 4.57 Å². The van der Waals surface area contributed by atoms with Crippen LogP contribution >= 0.6 is 0 Å². The van der Waals surface area contributed by atoms with Gasteiger partial charge < -0.3 is 25.4 Å². The summed E-state index contributed by atoms with van der Waals surface area (Å²) in [5, 5.41) is 33.2. The van der Waals surface area contributed by atoms with E-state index >= 15 is 0 Å². The van der Waals surface area contributed by atoms with Gasteiger partial charge in [0.1, 0.15) is 24.6 Å². The van der Waals surface area contributed by atoms with E-state index in [9.17, 15) is 15.3 Å². The molecule has 1 aliphatic rings. The molecule has 1 aliphatic heterocycles. The Labute approximate surface area is 168 Å². The molecule has 0 saturated carbocycles. The minimum absolute atomic E-state index is 0.0679. The van der Waals surface area contributed by atoms with E-state index in [-0.39, 0.29) is 12.6 Å². The van der Waals surface area contributed by atoms with Gasteiger partial charge >= 0.3 is 0 Å². The molecule has 5 atom stereocenters. The normalized spacial score (nSPS) is 25.4. The molecule has 0 bridgehead atoms. The molecule has 29 heavy (non-hydrogen) atoms. The third kappa shape index (κ3) is 3.69. The summed E-state index contributed by atoms with van der Waals surface area (Å²) in [5.74, 6) is 0.586. The average Bonchev–Trinajstić information content (AvgIpc) is 3.30. The van der Waals surface area contributed by atoms with E-state index in [1.807, 2.05) is 18.2 Å². The number of imidazole rings is 1. The summed E-state index contributed by atoms with van der Waals surface area (Å²) >= 11 is 0. The number of hydrogen-bond donors (Lipinski definition) is 4. The summed E-state index contributed by atoms with van der Waals surface area (Å²) in [6.07, 6.45) is 0.708. The highest BCUT2D eigenvalue weighted by Gasteiger charge is 2.44. The molecule has 2 aromatic heterocycles. The predicted octanol–water partition coefficient (Wildman–Crippen LogP) is 1.39. The van der Waals surface area contributed by atoms with Crippen molar-refractivity contribution in [2.75, 3.05) is 11.9 Å². The SMILES string of the molecule is CCC[C@@H](Nc1ncnc2c1ncn2[C@@H]1O[C@H](CO)C(O)C1O)c1ccccc1. The van der Waals surface area contributed by atoms with Crippen LogP contribution in [0.3, 0.4) is 0 Å². The van der Waals surface area contributed by atoms with Crippen LogP contribution in [0.25, 0.3) is 11.2 Å². The van der Waals surface area contributed by atoms with Crippen LogP contribution in [0.15, 0.2) is 43.0 Å². The third-order valence-corrected chi connectivity index (χ3v) is 5.24. The number of anilines is 1.